The average molecular weight is 236 g/mol. The Kier molecular flexibility index (Phi) is 3.27. The van der Waals surface area contributed by atoms with Gasteiger partial charge >= 0.3 is 0 Å². The van der Waals surface area contributed by atoms with Crippen LogP contribution < -0.4 is 5.73 Å². The molecule has 1 aromatic carbocycles. The monoisotopic (exact) mass is 235 g/mol. The first-order valence-electron chi connectivity index (χ1n) is 5.14. The summed E-state index contributed by atoms with van der Waals surface area (Å²) >= 11 is 5.83. The van der Waals surface area contributed by atoms with Crippen molar-refractivity contribution in [3.8, 4) is 0 Å². The first-order valence-corrected chi connectivity index (χ1v) is 5.51. The van der Waals surface area contributed by atoms with Gasteiger partial charge < -0.3 is 5.73 Å². The molecule has 2 N–H and O–H groups in total. The molecule has 0 fully saturated rings. The normalized spacial score (nSPS) is 12.7. The van der Waals surface area contributed by atoms with Gasteiger partial charge in [0.05, 0.1) is 6.20 Å². The van der Waals surface area contributed by atoms with E-state index < -0.39 is 0 Å². The molecular weight excluding hydrogens is 222 g/mol. The fraction of sp³-hybridized carbons (Fsp3) is 0.250. The molecule has 16 heavy (non-hydrogen) atoms. The third-order valence-corrected chi connectivity index (χ3v) is 2.76. The van der Waals surface area contributed by atoms with Crippen molar-refractivity contribution in [1.82, 2.24) is 9.78 Å². The predicted octanol–water partition coefficient (Wildman–Crippen LogP) is 2.32. The second kappa shape index (κ2) is 4.68. The van der Waals surface area contributed by atoms with E-state index in [2.05, 4.69) is 5.10 Å². The van der Waals surface area contributed by atoms with Gasteiger partial charge in [-0.1, -0.05) is 23.7 Å². The van der Waals surface area contributed by atoms with Crippen LogP contribution in [0, 0.1) is 0 Å². The Morgan fingerprint density at radius 3 is 2.62 bits per heavy atom. The van der Waals surface area contributed by atoms with Crippen LogP contribution in [0.5, 0.6) is 0 Å². The van der Waals surface area contributed by atoms with Gasteiger partial charge in [-0.05, 0) is 29.7 Å². The maximum absolute atomic E-state index is 6.11. The Balaban J connectivity index is 2.08. The van der Waals surface area contributed by atoms with Crippen LogP contribution >= 0.6 is 11.6 Å². The molecule has 0 saturated carbocycles. The molecule has 0 spiro atoms. The van der Waals surface area contributed by atoms with Crippen molar-refractivity contribution in [3.63, 3.8) is 0 Å². The number of aromatic nitrogens is 2. The lowest BCUT2D eigenvalue weighted by molar-refractivity contribution is 0.719. The van der Waals surface area contributed by atoms with E-state index in [-0.39, 0.29) is 6.04 Å². The van der Waals surface area contributed by atoms with Crippen LogP contribution in [0.2, 0.25) is 5.02 Å². The predicted molar refractivity (Wildman–Crippen MR) is 65.3 cm³/mol. The quantitative estimate of drug-likeness (QED) is 0.887. The van der Waals surface area contributed by atoms with E-state index in [4.69, 9.17) is 17.3 Å². The molecule has 0 amide bonds. The van der Waals surface area contributed by atoms with Gasteiger partial charge in [-0.25, -0.2) is 0 Å². The highest BCUT2D eigenvalue weighted by Crippen LogP contribution is 2.18. The Labute approximate surface area is 99.8 Å². The van der Waals surface area contributed by atoms with Crippen LogP contribution in [0.3, 0.4) is 0 Å². The van der Waals surface area contributed by atoms with Crippen LogP contribution in [0.15, 0.2) is 36.7 Å². The van der Waals surface area contributed by atoms with Crippen LogP contribution in [-0.2, 0) is 13.5 Å². The highest BCUT2D eigenvalue weighted by molar-refractivity contribution is 6.30. The van der Waals surface area contributed by atoms with E-state index in [1.165, 1.54) is 0 Å². The fourth-order valence-corrected chi connectivity index (χ4v) is 1.79. The molecule has 0 aliphatic rings. The highest BCUT2D eigenvalue weighted by Gasteiger charge is 2.08. The molecule has 3 nitrogen and oxygen atoms in total. The van der Waals surface area contributed by atoms with Gasteiger partial charge in [-0.15, -0.1) is 0 Å². The number of nitrogens with zero attached hydrogens (tertiary/aromatic N) is 2. The fourth-order valence-electron chi connectivity index (χ4n) is 1.66. The van der Waals surface area contributed by atoms with Crippen molar-refractivity contribution < 1.29 is 0 Å². The standard InChI is InChI=1S/C12H14ClN3/c1-16-8-9(7-15-16)6-12(14)10-2-4-11(13)5-3-10/h2-5,7-8,12H,6,14H2,1H3. The van der Waals surface area contributed by atoms with E-state index in [1.54, 1.807) is 4.68 Å². The Bertz CT molecular complexity index is 461. The highest BCUT2D eigenvalue weighted by atomic mass is 35.5. The van der Waals surface area contributed by atoms with E-state index in [0.29, 0.717) is 0 Å². The summed E-state index contributed by atoms with van der Waals surface area (Å²) in [6.07, 6.45) is 4.61. The molecule has 84 valence electrons. The zero-order valence-corrected chi connectivity index (χ0v) is 9.85. The number of hydrogen-bond acceptors (Lipinski definition) is 2. The van der Waals surface area contributed by atoms with Crippen molar-refractivity contribution in [2.75, 3.05) is 0 Å². The molecule has 1 heterocycles. The average Bonchev–Trinajstić information content (AvgIpc) is 2.65. The van der Waals surface area contributed by atoms with Crippen LogP contribution in [-0.4, -0.2) is 9.78 Å². The molecule has 1 atom stereocenters. The van der Waals surface area contributed by atoms with Gasteiger partial charge in [0.1, 0.15) is 0 Å². The summed E-state index contributed by atoms with van der Waals surface area (Å²) in [5.41, 5.74) is 8.34. The van der Waals surface area contributed by atoms with E-state index >= 15 is 0 Å². The molecule has 1 aromatic heterocycles. The first-order chi connectivity index (χ1) is 7.65. The van der Waals surface area contributed by atoms with Gasteiger partial charge in [0.2, 0.25) is 0 Å². The summed E-state index contributed by atoms with van der Waals surface area (Å²) in [6, 6.07) is 7.63. The second-order valence-electron chi connectivity index (χ2n) is 3.88. The molecule has 0 saturated heterocycles. The van der Waals surface area contributed by atoms with Crippen LogP contribution in [0.4, 0.5) is 0 Å². The van der Waals surface area contributed by atoms with E-state index in [1.807, 2.05) is 43.7 Å². The number of halogens is 1. The van der Waals surface area contributed by atoms with E-state index in [9.17, 15) is 0 Å². The zero-order chi connectivity index (χ0) is 11.5. The molecule has 0 radical (unpaired) electrons. The smallest absolute Gasteiger partial charge is 0.0522 e. The lowest BCUT2D eigenvalue weighted by Crippen LogP contribution is -2.12. The lowest BCUT2D eigenvalue weighted by Gasteiger charge is -2.10. The second-order valence-corrected chi connectivity index (χ2v) is 4.32. The summed E-state index contributed by atoms with van der Waals surface area (Å²) in [6.45, 7) is 0. The summed E-state index contributed by atoms with van der Waals surface area (Å²) in [7, 11) is 1.90. The largest absolute Gasteiger partial charge is 0.324 e. The maximum atomic E-state index is 6.11. The van der Waals surface area contributed by atoms with Crippen molar-refractivity contribution in [1.29, 1.82) is 0 Å². The minimum Gasteiger partial charge on any atom is -0.324 e. The van der Waals surface area contributed by atoms with Crippen LogP contribution in [0.1, 0.15) is 17.2 Å². The Morgan fingerprint density at radius 1 is 1.38 bits per heavy atom. The van der Waals surface area contributed by atoms with Crippen molar-refractivity contribution in [2.45, 2.75) is 12.5 Å². The molecule has 0 bridgehead atoms. The zero-order valence-electron chi connectivity index (χ0n) is 9.10. The molecule has 4 heteroatoms. The SMILES string of the molecule is Cn1cc(CC(N)c2ccc(Cl)cc2)cn1. The third-order valence-electron chi connectivity index (χ3n) is 2.51. The van der Waals surface area contributed by atoms with Gasteiger partial charge in [0.25, 0.3) is 0 Å². The summed E-state index contributed by atoms with van der Waals surface area (Å²) in [5, 5.41) is 4.85. The molecular formula is C12H14ClN3. The number of benzene rings is 1. The van der Waals surface area contributed by atoms with Gasteiger partial charge in [0, 0.05) is 24.3 Å². The topological polar surface area (TPSA) is 43.8 Å². The first kappa shape index (κ1) is 11.2. The van der Waals surface area contributed by atoms with Crippen LogP contribution in [0.25, 0.3) is 0 Å². The van der Waals surface area contributed by atoms with E-state index in [0.717, 1.165) is 22.6 Å². The minimum absolute atomic E-state index is 0.0125. The molecule has 2 aromatic rings. The van der Waals surface area contributed by atoms with Gasteiger partial charge in [-0.2, -0.15) is 5.10 Å². The summed E-state index contributed by atoms with van der Waals surface area (Å²) < 4.78 is 1.78. The lowest BCUT2D eigenvalue weighted by atomic mass is 10.0. The number of hydrogen-bond donors (Lipinski definition) is 1. The third kappa shape index (κ3) is 2.62. The molecule has 1 unspecified atom stereocenters. The number of nitrogens with two attached hydrogens (primary N) is 1. The minimum atomic E-state index is -0.0125. The van der Waals surface area contributed by atoms with Crippen molar-refractivity contribution >= 4 is 11.6 Å². The van der Waals surface area contributed by atoms with Gasteiger partial charge in [0.15, 0.2) is 0 Å². The number of rotatable bonds is 3. The number of aryl methyl sites for hydroxylation is 1. The van der Waals surface area contributed by atoms with Gasteiger partial charge in [-0.3, -0.25) is 4.68 Å². The Hall–Kier alpha value is -1.32. The molecule has 2 rings (SSSR count). The maximum Gasteiger partial charge on any atom is 0.0522 e. The molecule has 0 aliphatic heterocycles. The Morgan fingerprint density at radius 2 is 2.06 bits per heavy atom. The van der Waals surface area contributed by atoms with Crippen molar-refractivity contribution in [2.24, 2.45) is 12.8 Å². The van der Waals surface area contributed by atoms with Crippen molar-refractivity contribution in [3.05, 3.63) is 52.8 Å². The molecule has 0 aliphatic carbocycles. The summed E-state index contributed by atoms with van der Waals surface area (Å²) in [5.74, 6) is 0. The summed E-state index contributed by atoms with van der Waals surface area (Å²) in [4.78, 5) is 0.